The van der Waals surface area contributed by atoms with Crippen molar-refractivity contribution in [3.63, 3.8) is 0 Å². The molecule has 0 rings (SSSR count). The van der Waals surface area contributed by atoms with Gasteiger partial charge < -0.3 is 26.8 Å². The zero-order valence-corrected chi connectivity index (χ0v) is 18.8. The SMILES string of the molecule is CC[C@H](C)[C@H](N)C(=O)NCC(=O)N[C@@H](CC(C)C)C(=O)N[C@@H](CCSC)C(=O)O. The quantitative estimate of drug-likeness (QED) is 0.265. The summed E-state index contributed by atoms with van der Waals surface area (Å²) in [5.74, 6) is -1.98. The molecule has 0 aliphatic heterocycles. The maximum Gasteiger partial charge on any atom is 0.326 e. The normalized spacial score (nSPS) is 15.1. The first-order valence-corrected chi connectivity index (χ1v) is 11.3. The molecule has 0 saturated heterocycles. The lowest BCUT2D eigenvalue weighted by molar-refractivity contribution is -0.142. The number of hydrogen-bond acceptors (Lipinski definition) is 6. The van der Waals surface area contributed by atoms with Gasteiger partial charge in [0.15, 0.2) is 0 Å². The highest BCUT2D eigenvalue weighted by Crippen LogP contribution is 2.08. The van der Waals surface area contributed by atoms with Crippen LogP contribution in [-0.2, 0) is 19.2 Å². The minimum absolute atomic E-state index is 0.0215. The predicted molar refractivity (Wildman–Crippen MR) is 114 cm³/mol. The first-order valence-electron chi connectivity index (χ1n) is 9.88. The Labute approximate surface area is 177 Å². The van der Waals surface area contributed by atoms with E-state index in [-0.39, 0.29) is 24.8 Å². The Balaban J connectivity index is 4.88. The van der Waals surface area contributed by atoms with Gasteiger partial charge in [-0.3, -0.25) is 14.4 Å². The molecule has 0 radical (unpaired) electrons. The Kier molecular flexibility index (Phi) is 13.3. The minimum Gasteiger partial charge on any atom is -0.480 e. The van der Waals surface area contributed by atoms with Crippen LogP contribution in [0.5, 0.6) is 0 Å². The van der Waals surface area contributed by atoms with Crippen molar-refractivity contribution in [1.82, 2.24) is 16.0 Å². The Hall–Kier alpha value is -1.81. The fourth-order valence-electron chi connectivity index (χ4n) is 2.51. The summed E-state index contributed by atoms with van der Waals surface area (Å²) in [6.07, 6.45) is 3.21. The van der Waals surface area contributed by atoms with Crippen molar-refractivity contribution in [3.05, 3.63) is 0 Å². The Morgan fingerprint density at radius 1 is 1.03 bits per heavy atom. The summed E-state index contributed by atoms with van der Waals surface area (Å²) in [6, 6.07) is -2.62. The van der Waals surface area contributed by atoms with Gasteiger partial charge in [0.1, 0.15) is 12.1 Å². The van der Waals surface area contributed by atoms with Crippen LogP contribution in [0.4, 0.5) is 0 Å². The van der Waals surface area contributed by atoms with E-state index < -0.39 is 41.8 Å². The number of thioether (sulfide) groups is 1. The van der Waals surface area contributed by atoms with Crippen LogP contribution >= 0.6 is 11.8 Å². The van der Waals surface area contributed by atoms with Crippen molar-refractivity contribution in [1.29, 1.82) is 0 Å². The Bertz CT molecular complexity index is 559. The van der Waals surface area contributed by atoms with Gasteiger partial charge in [0.05, 0.1) is 12.6 Å². The molecular formula is C19H36N4O5S. The average Bonchev–Trinajstić information content (AvgIpc) is 2.66. The molecular weight excluding hydrogens is 396 g/mol. The zero-order chi connectivity index (χ0) is 22.6. The molecule has 6 N–H and O–H groups in total. The number of nitrogens with one attached hydrogen (secondary N) is 3. The molecule has 9 nitrogen and oxygen atoms in total. The van der Waals surface area contributed by atoms with Crippen LogP contribution in [0.25, 0.3) is 0 Å². The van der Waals surface area contributed by atoms with E-state index in [2.05, 4.69) is 16.0 Å². The summed E-state index contributed by atoms with van der Waals surface area (Å²) in [4.78, 5) is 48.2. The van der Waals surface area contributed by atoms with Gasteiger partial charge in [-0.25, -0.2) is 4.79 Å². The molecule has 4 atom stereocenters. The smallest absolute Gasteiger partial charge is 0.326 e. The van der Waals surface area contributed by atoms with E-state index in [0.717, 1.165) is 6.42 Å². The fraction of sp³-hybridized carbons (Fsp3) is 0.789. The number of carboxylic acids is 1. The highest BCUT2D eigenvalue weighted by molar-refractivity contribution is 7.98. The summed E-state index contributed by atoms with van der Waals surface area (Å²) in [5.41, 5.74) is 5.83. The third-order valence-corrected chi connectivity index (χ3v) is 5.21. The zero-order valence-electron chi connectivity index (χ0n) is 18.0. The van der Waals surface area contributed by atoms with Crippen molar-refractivity contribution in [2.45, 2.75) is 65.1 Å². The molecule has 0 saturated carbocycles. The second kappa shape index (κ2) is 14.2. The van der Waals surface area contributed by atoms with Gasteiger partial charge >= 0.3 is 5.97 Å². The number of carbonyl (C=O) groups excluding carboxylic acids is 3. The second-order valence-corrected chi connectivity index (χ2v) is 8.55. The second-order valence-electron chi connectivity index (χ2n) is 7.56. The summed E-state index contributed by atoms with van der Waals surface area (Å²) < 4.78 is 0. The first-order chi connectivity index (χ1) is 13.5. The van der Waals surface area contributed by atoms with E-state index in [9.17, 15) is 24.3 Å². The van der Waals surface area contributed by atoms with Crippen LogP contribution in [0.2, 0.25) is 0 Å². The molecule has 0 aromatic carbocycles. The summed E-state index contributed by atoms with van der Waals surface area (Å²) in [7, 11) is 0. The number of carbonyl (C=O) groups is 4. The van der Waals surface area contributed by atoms with E-state index >= 15 is 0 Å². The predicted octanol–water partition coefficient (Wildman–Crippen LogP) is 0.329. The maximum absolute atomic E-state index is 12.6. The number of nitrogens with two attached hydrogens (primary N) is 1. The molecule has 10 heteroatoms. The van der Waals surface area contributed by atoms with Gasteiger partial charge in [-0.1, -0.05) is 34.1 Å². The number of hydrogen-bond donors (Lipinski definition) is 5. The van der Waals surface area contributed by atoms with Crippen molar-refractivity contribution < 1.29 is 24.3 Å². The molecule has 0 fully saturated rings. The molecule has 0 aliphatic rings. The molecule has 0 aromatic rings. The third-order valence-electron chi connectivity index (χ3n) is 4.57. The van der Waals surface area contributed by atoms with Crippen molar-refractivity contribution >= 4 is 35.5 Å². The van der Waals surface area contributed by atoms with Gasteiger partial charge in [-0.2, -0.15) is 11.8 Å². The van der Waals surface area contributed by atoms with E-state index in [1.54, 1.807) is 0 Å². The van der Waals surface area contributed by atoms with Crippen LogP contribution in [0, 0.1) is 11.8 Å². The van der Waals surface area contributed by atoms with Crippen LogP contribution in [0.3, 0.4) is 0 Å². The van der Waals surface area contributed by atoms with E-state index in [4.69, 9.17) is 5.73 Å². The molecule has 0 unspecified atom stereocenters. The molecule has 168 valence electrons. The highest BCUT2D eigenvalue weighted by atomic mass is 32.2. The number of rotatable bonds is 14. The molecule has 3 amide bonds. The monoisotopic (exact) mass is 432 g/mol. The van der Waals surface area contributed by atoms with Crippen LogP contribution < -0.4 is 21.7 Å². The Morgan fingerprint density at radius 2 is 1.66 bits per heavy atom. The topological polar surface area (TPSA) is 151 Å². The van der Waals surface area contributed by atoms with Gasteiger partial charge in [0, 0.05) is 0 Å². The highest BCUT2D eigenvalue weighted by Gasteiger charge is 2.27. The van der Waals surface area contributed by atoms with Crippen LogP contribution in [0.15, 0.2) is 0 Å². The van der Waals surface area contributed by atoms with Gasteiger partial charge in [-0.15, -0.1) is 0 Å². The minimum atomic E-state index is -1.12. The van der Waals surface area contributed by atoms with E-state index in [1.165, 1.54) is 11.8 Å². The van der Waals surface area contributed by atoms with Gasteiger partial charge in [0.25, 0.3) is 0 Å². The summed E-state index contributed by atoms with van der Waals surface area (Å²) >= 11 is 1.48. The largest absolute Gasteiger partial charge is 0.480 e. The number of carboxylic acid groups (broad SMARTS) is 1. The van der Waals surface area contributed by atoms with Gasteiger partial charge in [0.2, 0.25) is 17.7 Å². The lowest BCUT2D eigenvalue weighted by Crippen LogP contribution is -2.54. The standard InChI is InChI=1S/C19H36N4O5S/c1-6-12(4)16(20)18(26)21-10-15(24)22-14(9-11(2)3)17(25)23-13(19(27)28)7-8-29-5/h11-14,16H,6-10,20H2,1-5H3,(H,21,26)(H,22,24)(H,23,25)(H,27,28)/t12-,13-,14-,16-/m0/s1. The molecule has 0 bridgehead atoms. The third kappa shape index (κ3) is 11.1. The summed E-state index contributed by atoms with van der Waals surface area (Å²) in [5, 5.41) is 16.8. The lowest BCUT2D eigenvalue weighted by Gasteiger charge is -2.23. The maximum atomic E-state index is 12.6. The molecule has 0 aliphatic carbocycles. The summed E-state index contributed by atoms with van der Waals surface area (Å²) in [6.45, 7) is 7.25. The van der Waals surface area contributed by atoms with Crippen LogP contribution in [-0.4, -0.2) is 65.5 Å². The number of aliphatic carboxylic acids is 1. The van der Waals surface area contributed by atoms with Crippen molar-refractivity contribution in [3.8, 4) is 0 Å². The van der Waals surface area contributed by atoms with E-state index in [0.29, 0.717) is 12.2 Å². The molecule has 0 heterocycles. The van der Waals surface area contributed by atoms with Crippen molar-refractivity contribution in [2.75, 3.05) is 18.6 Å². The van der Waals surface area contributed by atoms with Gasteiger partial charge in [-0.05, 0) is 36.7 Å². The molecule has 29 heavy (non-hydrogen) atoms. The van der Waals surface area contributed by atoms with E-state index in [1.807, 2.05) is 34.0 Å². The fourth-order valence-corrected chi connectivity index (χ4v) is 2.98. The Morgan fingerprint density at radius 3 is 2.14 bits per heavy atom. The average molecular weight is 433 g/mol. The number of amides is 3. The molecule has 0 aromatic heterocycles. The lowest BCUT2D eigenvalue weighted by atomic mass is 9.99. The van der Waals surface area contributed by atoms with Crippen molar-refractivity contribution in [2.24, 2.45) is 17.6 Å². The molecule has 0 spiro atoms. The first kappa shape index (κ1) is 27.2. The van der Waals surface area contributed by atoms with Crippen LogP contribution in [0.1, 0.15) is 47.0 Å².